The minimum Gasteiger partial charge on any atom is -0.316 e. The summed E-state index contributed by atoms with van der Waals surface area (Å²) in [6, 6.07) is 2.81. The van der Waals surface area contributed by atoms with Crippen molar-refractivity contribution in [3.05, 3.63) is 28.8 Å². The van der Waals surface area contributed by atoms with Crippen molar-refractivity contribution in [2.45, 2.75) is 43.7 Å². The van der Waals surface area contributed by atoms with Gasteiger partial charge >= 0.3 is 6.18 Å². The number of anilines is 1. The number of amides is 1. The number of hydrogen-bond acceptors (Lipinski definition) is 4. The summed E-state index contributed by atoms with van der Waals surface area (Å²) in [6.45, 7) is 1.93. The van der Waals surface area contributed by atoms with Crippen molar-refractivity contribution < 1.29 is 26.4 Å². The molecule has 2 aliphatic rings. The lowest BCUT2D eigenvalue weighted by atomic mass is 10.1. The molecule has 1 aromatic carbocycles. The molecule has 0 spiro atoms. The van der Waals surface area contributed by atoms with E-state index in [0.29, 0.717) is 6.42 Å². The van der Waals surface area contributed by atoms with Crippen molar-refractivity contribution >= 4 is 50.0 Å². The van der Waals surface area contributed by atoms with Crippen LogP contribution in [0.25, 0.3) is 0 Å². The Labute approximate surface area is 170 Å². The molecule has 2 atom stereocenters. The zero-order chi connectivity index (χ0) is 20.7. The average Bonchev–Trinajstić information content (AvgIpc) is 3.03. The highest BCUT2D eigenvalue weighted by Gasteiger charge is 2.49. The maximum atomic E-state index is 13.3. The molecular weight excluding hydrogens is 437 g/mol. The molecule has 1 amide bonds. The van der Waals surface area contributed by atoms with Gasteiger partial charge in [0.1, 0.15) is 0 Å². The lowest BCUT2D eigenvalue weighted by Crippen LogP contribution is -2.37. The highest BCUT2D eigenvalue weighted by Crippen LogP contribution is 2.43. The predicted octanol–water partition coefficient (Wildman–Crippen LogP) is 4.15. The molecule has 2 fully saturated rings. The Morgan fingerprint density at radius 2 is 2.07 bits per heavy atom. The Hall–Kier alpha value is -1.26. The quantitative estimate of drug-likeness (QED) is 0.683. The van der Waals surface area contributed by atoms with Crippen LogP contribution < -0.4 is 4.90 Å². The molecule has 28 heavy (non-hydrogen) atoms. The number of amidine groups is 1. The predicted molar refractivity (Wildman–Crippen MR) is 105 cm³/mol. The van der Waals surface area contributed by atoms with Crippen LogP contribution >= 0.6 is 23.4 Å². The van der Waals surface area contributed by atoms with E-state index < -0.39 is 32.6 Å². The lowest BCUT2D eigenvalue weighted by Gasteiger charge is -2.25. The van der Waals surface area contributed by atoms with Gasteiger partial charge in [0.15, 0.2) is 15.0 Å². The molecule has 0 radical (unpaired) electrons. The first-order valence-corrected chi connectivity index (χ1v) is 11.7. The molecule has 2 unspecified atom stereocenters. The molecule has 0 N–H and O–H groups in total. The van der Waals surface area contributed by atoms with Gasteiger partial charge in [-0.15, -0.1) is 0 Å². The average molecular weight is 455 g/mol. The molecule has 1 aromatic rings. The molecule has 0 aliphatic carbocycles. The first kappa shape index (κ1) is 21.4. The van der Waals surface area contributed by atoms with E-state index in [2.05, 4.69) is 4.99 Å². The van der Waals surface area contributed by atoms with Gasteiger partial charge in [-0.05, 0) is 24.6 Å². The topological polar surface area (TPSA) is 66.8 Å². The van der Waals surface area contributed by atoms with Gasteiger partial charge in [-0.3, -0.25) is 4.79 Å². The molecule has 0 saturated carbocycles. The van der Waals surface area contributed by atoms with Crippen LogP contribution in [0, 0.1) is 0 Å². The van der Waals surface area contributed by atoms with E-state index in [9.17, 15) is 26.4 Å². The second-order valence-electron chi connectivity index (χ2n) is 6.72. The molecule has 154 valence electrons. The SMILES string of the molecule is CCCCC(=O)N=C1SC2CS(=O)(=O)CC2N1c1ccc(Cl)c(C(F)(F)F)c1. The molecule has 2 aliphatic heterocycles. The Balaban J connectivity index is 2.02. The van der Waals surface area contributed by atoms with Gasteiger partial charge in [0.25, 0.3) is 0 Å². The third-order valence-electron chi connectivity index (χ3n) is 4.56. The third-order valence-corrected chi connectivity index (χ3v) is 8.10. The van der Waals surface area contributed by atoms with Gasteiger partial charge < -0.3 is 4.90 Å². The number of unbranched alkanes of at least 4 members (excludes halogenated alkanes) is 1. The summed E-state index contributed by atoms with van der Waals surface area (Å²) in [5.41, 5.74) is -0.895. The molecule has 0 aromatic heterocycles. The number of hydrogen-bond donors (Lipinski definition) is 0. The Bertz CT molecular complexity index is 919. The Morgan fingerprint density at radius 3 is 2.71 bits per heavy atom. The zero-order valence-electron chi connectivity index (χ0n) is 14.9. The molecular formula is C17H18ClF3N2O3S2. The number of sulfone groups is 1. The van der Waals surface area contributed by atoms with Gasteiger partial charge in [0.2, 0.25) is 5.91 Å². The minimum absolute atomic E-state index is 0.0965. The van der Waals surface area contributed by atoms with E-state index in [0.717, 1.165) is 30.3 Å². The van der Waals surface area contributed by atoms with Crippen molar-refractivity contribution in [2.75, 3.05) is 16.4 Å². The van der Waals surface area contributed by atoms with Crippen LogP contribution in [0.4, 0.5) is 18.9 Å². The Morgan fingerprint density at radius 1 is 1.36 bits per heavy atom. The number of thioether (sulfide) groups is 1. The summed E-state index contributed by atoms with van der Waals surface area (Å²) < 4.78 is 63.8. The summed E-state index contributed by atoms with van der Waals surface area (Å²) in [7, 11) is -3.31. The van der Waals surface area contributed by atoms with Crippen molar-refractivity contribution in [1.82, 2.24) is 0 Å². The standard InChI is InChI=1S/C17H18ClF3N2O3S2/c1-2-3-4-15(24)22-16-23(13-8-28(25,26)9-14(13)27-16)10-5-6-12(18)11(7-10)17(19,20)21/h5-7,13-14H,2-4,8-9H2,1H3. The number of benzene rings is 1. The maximum absolute atomic E-state index is 13.3. The Kier molecular flexibility index (Phi) is 6.03. The van der Waals surface area contributed by atoms with Crippen LogP contribution in [0.3, 0.4) is 0 Å². The summed E-state index contributed by atoms with van der Waals surface area (Å²) >= 11 is 6.83. The van der Waals surface area contributed by atoms with Crippen molar-refractivity contribution in [2.24, 2.45) is 4.99 Å². The second kappa shape index (κ2) is 7.87. The van der Waals surface area contributed by atoms with E-state index in [1.54, 1.807) is 0 Å². The fourth-order valence-electron chi connectivity index (χ4n) is 3.24. The molecule has 5 nitrogen and oxygen atoms in total. The van der Waals surface area contributed by atoms with E-state index in [4.69, 9.17) is 11.6 Å². The first-order valence-electron chi connectivity index (χ1n) is 8.66. The van der Waals surface area contributed by atoms with E-state index in [-0.39, 0.29) is 39.9 Å². The summed E-state index contributed by atoms with van der Waals surface area (Å²) in [5.74, 6) is -0.667. The monoisotopic (exact) mass is 454 g/mol. The smallest absolute Gasteiger partial charge is 0.316 e. The van der Waals surface area contributed by atoms with Gasteiger partial charge in [0.05, 0.1) is 28.1 Å². The second-order valence-corrected chi connectivity index (χ2v) is 10.5. The number of carbonyl (C=O) groups is 1. The van der Waals surface area contributed by atoms with Crippen LogP contribution in [-0.2, 0) is 20.8 Å². The van der Waals surface area contributed by atoms with E-state index in [1.165, 1.54) is 11.0 Å². The number of nitrogens with zero attached hydrogens (tertiary/aromatic N) is 2. The molecule has 3 rings (SSSR count). The fraction of sp³-hybridized carbons (Fsp3) is 0.529. The normalized spacial score (nSPS) is 25.3. The minimum atomic E-state index is -4.66. The summed E-state index contributed by atoms with van der Waals surface area (Å²) in [5, 5.41) is -0.592. The van der Waals surface area contributed by atoms with Crippen LogP contribution in [0.1, 0.15) is 31.7 Å². The number of alkyl halides is 3. The van der Waals surface area contributed by atoms with Gasteiger partial charge in [-0.2, -0.15) is 18.2 Å². The third kappa shape index (κ3) is 4.49. The maximum Gasteiger partial charge on any atom is 0.417 e. The van der Waals surface area contributed by atoms with Crippen LogP contribution in [0.5, 0.6) is 0 Å². The van der Waals surface area contributed by atoms with Crippen molar-refractivity contribution in [3.63, 3.8) is 0 Å². The molecule has 11 heteroatoms. The number of carbonyl (C=O) groups excluding carboxylic acids is 1. The first-order chi connectivity index (χ1) is 13.0. The molecule has 0 bridgehead atoms. The summed E-state index contributed by atoms with van der Waals surface area (Å²) in [6.07, 6.45) is -2.96. The van der Waals surface area contributed by atoms with Crippen LogP contribution in [0.2, 0.25) is 5.02 Å². The fourth-order valence-corrected chi connectivity index (χ4v) is 7.39. The largest absolute Gasteiger partial charge is 0.417 e. The summed E-state index contributed by atoms with van der Waals surface area (Å²) in [4.78, 5) is 17.6. The van der Waals surface area contributed by atoms with Crippen LogP contribution in [0.15, 0.2) is 23.2 Å². The van der Waals surface area contributed by atoms with E-state index in [1.807, 2.05) is 6.92 Å². The highest BCUT2D eigenvalue weighted by molar-refractivity contribution is 8.16. The van der Waals surface area contributed by atoms with Crippen LogP contribution in [-0.4, -0.2) is 42.3 Å². The lowest BCUT2D eigenvalue weighted by molar-refractivity contribution is -0.137. The number of rotatable bonds is 4. The molecule has 2 heterocycles. The van der Waals surface area contributed by atoms with Gasteiger partial charge in [0, 0.05) is 17.4 Å². The molecule has 2 saturated heterocycles. The highest BCUT2D eigenvalue weighted by atomic mass is 35.5. The van der Waals surface area contributed by atoms with E-state index >= 15 is 0 Å². The van der Waals surface area contributed by atoms with Gasteiger partial charge in [-0.25, -0.2) is 8.42 Å². The number of halogens is 4. The van der Waals surface area contributed by atoms with Crippen molar-refractivity contribution in [3.8, 4) is 0 Å². The van der Waals surface area contributed by atoms with Gasteiger partial charge in [-0.1, -0.05) is 36.7 Å². The number of fused-ring (bicyclic) bond motifs is 1. The van der Waals surface area contributed by atoms with Crippen molar-refractivity contribution in [1.29, 1.82) is 0 Å². The zero-order valence-corrected chi connectivity index (χ0v) is 17.3. The number of aliphatic imine (C=N–C) groups is 1.